The van der Waals surface area contributed by atoms with Crippen LogP contribution in [0.2, 0.25) is 10.0 Å². The van der Waals surface area contributed by atoms with Crippen molar-refractivity contribution in [1.82, 2.24) is 4.98 Å². The Morgan fingerprint density at radius 1 is 1.20 bits per heavy atom. The Bertz CT molecular complexity index is 1050. The molecule has 1 heterocycles. The van der Waals surface area contributed by atoms with Gasteiger partial charge in [-0.25, -0.2) is 4.98 Å². The van der Waals surface area contributed by atoms with Crippen LogP contribution < -0.4 is 4.74 Å². The van der Waals surface area contributed by atoms with Crippen molar-refractivity contribution in [3.05, 3.63) is 82.2 Å². The second-order valence-corrected chi connectivity index (χ2v) is 8.10. The molecule has 0 amide bonds. The third-order valence-corrected chi connectivity index (χ3v) is 5.18. The Morgan fingerprint density at radius 2 is 1.90 bits per heavy atom. The van der Waals surface area contributed by atoms with E-state index < -0.39 is 5.92 Å². The Labute approximate surface area is 186 Å². The quantitative estimate of drug-likeness (QED) is 0.349. The molecule has 30 heavy (non-hydrogen) atoms. The number of carbonyl (C=O) groups excluding carboxylic acids is 1. The highest BCUT2D eigenvalue weighted by molar-refractivity contribution is 6.36. The molecule has 0 radical (unpaired) electrons. The maximum atomic E-state index is 12.7. The smallest absolute Gasteiger partial charge is 0.228 e. The molecule has 1 unspecified atom stereocenters. The number of Topliss-reactive ketones (excluding diaryl/α,β-unsaturated/α-hetero) is 1. The van der Waals surface area contributed by atoms with Crippen LogP contribution in [-0.2, 0) is 4.79 Å². The molecule has 2 aromatic carbocycles. The van der Waals surface area contributed by atoms with Crippen molar-refractivity contribution >= 4 is 29.0 Å². The lowest BCUT2D eigenvalue weighted by Crippen LogP contribution is -2.13. The zero-order valence-electron chi connectivity index (χ0n) is 17.1. The van der Waals surface area contributed by atoms with Crippen molar-refractivity contribution in [1.29, 1.82) is 0 Å². The van der Waals surface area contributed by atoms with Gasteiger partial charge < -0.3 is 9.15 Å². The summed E-state index contributed by atoms with van der Waals surface area (Å²) in [6.45, 7) is 9.62. The van der Waals surface area contributed by atoms with Crippen LogP contribution in [-0.4, -0.2) is 17.4 Å². The average Bonchev–Trinajstić information content (AvgIpc) is 3.12. The molecule has 0 N–H and O–H groups in total. The van der Waals surface area contributed by atoms with Gasteiger partial charge in [0, 0.05) is 10.9 Å². The van der Waals surface area contributed by atoms with E-state index in [0.29, 0.717) is 45.3 Å². The summed E-state index contributed by atoms with van der Waals surface area (Å²) in [5.41, 5.74) is 2.04. The highest BCUT2D eigenvalue weighted by atomic mass is 35.5. The van der Waals surface area contributed by atoms with E-state index in [1.54, 1.807) is 31.2 Å². The number of aromatic nitrogens is 1. The summed E-state index contributed by atoms with van der Waals surface area (Å²) in [6, 6.07) is 12.5. The SMILES string of the molecule is C=CCOc1ccc(C(C(C)=O)c2nc(-c3ccc(Cl)cc3Cl)oc2C(C)C)cc1. The molecule has 0 aliphatic heterocycles. The van der Waals surface area contributed by atoms with Crippen molar-refractivity contribution in [2.45, 2.75) is 32.6 Å². The molecule has 0 saturated heterocycles. The standard InChI is InChI=1S/C24H23Cl2NO3/c1-5-12-29-18-9-6-16(7-10-18)21(15(4)28)22-23(14(2)3)30-24(27-22)19-11-8-17(25)13-20(19)26/h5-11,13-14,21H,1,12H2,2-4H3. The van der Waals surface area contributed by atoms with Crippen LogP contribution in [0, 0.1) is 0 Å². The van der Waals surface area contributed by atoms with E-state index in [1.807, 2.05) is 38.1 Å². The third-order valence-electron chi connectivity index (χ3n) is 4.63. The summed E-state index contributed by atoms with van der Waals surface area (Å²) in [6.07, 6.45) is 1.68. The number of halogens is 2. The van der Waals surface area contributed by atoms with E-state index >= 15 is 0 Å². The van der Waals surface area contributed by atoms with Crippen molar-refractivity contribution in [2.75, 3.05) is 6.61 Å². The van der Waals surface area contributed by atoms with Gasteiger partial charge in [-0.15, -0.1) is 0 Å². The fourth-order valence-electron chi connectivity index (χ4n) is 3.24. The first-order valence-corrected chi connectivity index (χ1v) is 10.4. The van der Waals surface area contributed by atoms with Crippen molar-refractivity contribution in [2.24, 2.45) is 0 Å². The summed E-state index contributed by atoms with van der Waals surface area (Å²) in [5, 5.41) is 0.966. The van der Waals surface area contributed by atoms with Crippen LogP contribution in [0.5, 0.6) is 5.75 Å². The number of carbonyl (C=O) groups is 1. The van der Waals surface area contributed by atoms with Crippen LogP contribution in [0.1, 0.15) is 49.6 Å². The first-order valence-electron chi connectivity index (χ1n) is 9.62. The van der Waals surface area contributed by atoms with Crippen molar-refractivity contribution < 1.29 is 13.9 Å². The zero-order chi connectivity index (χ0) is 21.8. The van der Waals surface area contributed by atoms with Crippen LogP contribution >= 0.6 is 23.2 Å². The predicted molar refractivity (Wildman–Crippen MR) is 121 cm³/mol. The van der Waals surface area contributed by atoms with Gasteiger partial charge in [-0.1, -0.05) is 61.8 Å². The molecule has 1 atom stereocenters. The lowest BCUT2D eigenvalue weighted by atomic mass is 9.89. The molecule has 156 valence electrons. The van der Waals surface area contributed by atoms with Gasteiger partial charge in [-0.3, -0.25) is 4.79 Å². The summed E-state index contributed by atoms with van der Waals surface area (Å²) in [4.78, 5) is 17.4. The second kappa shape index (κ2) is 9.50. The maximum Gasteiger partial charge on any atom is 0.228 e. The van der Waals surface area contributed by atoms with Crippen LogP contribution in [0.15, 0.2) is 59.5 Å². The monoisotopic (exact) mass is 443 g/mol. The van der Waals surface area contributed by atoms with E-state index in [9.17, 15) is 4.79 Å². The van der Waals surface area contributed by atoms with Gasteiger partial charge in [-0.2, -0.15) is 0 Å². The minimum Gasteiger partial charge on any atom is -0.490 e. The lowest BCUT2D eigenvalue weighted by Gasteiger charge is -2.15. The van der Waals surface area contributed by atoms with E-state index in [2.05, 4.69) is 6.58 Å². The van der Waals surface area contributed by atoms with Crippen LogP contribution in [0.4, 0.5) is 0 Å². The Balaban J connectivity index is 2.07. The number of hydrogen-bond donors (Lipinski definition) is 0. The molecular formula is C24H23Cl2NO3. The molecule has 0 saturated carbocycles. The number of rotatable bonds is 8. The van der Waals surface area contributed by atoms with Gasteiger partial charge in [0.05, 0.1) is 22.2 Å². The largest absolute Gasteiger partial charge is 0.490 e. The van der Waals surface area contributed by atoms with Gasteiger partial charge in [0.15, 0.2) is 0 Å². The minimum absolute atomic E-state index is 0.0290. The Kier molecular flexibility index (Phi) is 7.01. The first-order chi connectivity index (χ1) is 14.3. The molecule has 0 bridgehead atoms. The molecule has 4 nitrogen and oxygen atoms in total. The molecule has 3 rings (SSSR count). The summed E-state index contributed by atoms with van der Waals surface area (Å²) in [5.74, 6) is 1.18. The van der Waals surface area contributed by atoms with Gasteiger partial charge in [0.1, 0.15) is 23.9 Å². The topological polar surface area (TPSA) is 52.3 Å². The summed E-state index contributed by atoms with van der Waals surface area (Å²) in [7, 11) is 0. The van der Waals surface area contributed by atoms with Crippen LogP contribution in [0.25, 0.3) is 11.5 Å². The normalized spacial score (nSPS) is 12.1. The van der Waals surface area contributed by atoms with E-state index in [4.69, 9.17) is 37.3 Å². The van der Waals surface area contributed by atoms with Gasteiger partial charge in [0.2, 0.25) is 5.89 Å². The molecule has 1 aromatic heterocycles. The number of hydrogen-bond acceptors (Lipinski definition) is 4. The molecule has 0 aliphatic carbocycles. The molecule has 0 aliphatic rings. The lowest BCUT2D eigenvalue weighted by molar-refractivity contribution is -0.117. The Hall–Kier alpha value is -2.56. The second-order valence-electron chi connectivity index (χ2n) is 7.26. The van der Waals surface area contributed by atoms with Gasteiger partial charge >= 0.3 is 0 Å². The van der Waals surface area contributed by atoms with Crippen molar-refractivity contribution in [3.63, 3.8) is 0 Å². The highest BCUT2D eigenvalue weighted by Crippen LogP contribution is 2.37. The van der Waals surface area contributed by atoms with Gasteiger partial charge in [0.25, 0.3) is 0 Å². The molecular weight excluding hydrogens is 421 g/mol. The zero-order valence-corrected chi connectivity index (χ0v) is 18.6. The maximum absolute atomic E-state index is 12.7. The molecule has 3 aromatic rings. The molecule has 0 spiro atoms. The van der Waals surface area contributed by atoms with Crippen molar-refractivity contribution in [3.8, 4) is 17.2 Å². The molecule has 6 heteroatoms. The van der Waals surface area contributed by atoms with Gasteiger partial charge in [-0.05, 0) is 42.8 Å². The number of ketones is 1. The molecule has 0 fully saturated rings. The average molecular weight is 444 g/mol. The predicted octanol–water partition coefficient (Wildman–Crippen LogP) is 7.06. The van der Waals surface area contributed by atoms with Crippen LogP contribution in [0.3, 0.4) is 0 Å². The summed E-state index contributed by atoms with van der Waals surface area (Å²) >= 11 is 12.4. The van der Waals surface area contributed by atoms with E-state index in [-0.39, 0.29) is 11.7 Å². The Morgan fingerprint density at radius 3 is 2.47 bits per heavy atom. The summed E-state index contributed by atoms with van der Waals surface area (Å²) < 4.78 is 11.6. The highest BCUT2D eigenvalue weighted by Gasteiger charge is 2.29. The van der Waals surface area contributed by atoms with E-state index in [0.717, 1.165) is 5.56 Å². The number of nitrogens with zero attached hydrogens (tertiary/aromatic N) is 1. The third kappa shape index (κ3) is 4.77. The fraction of sp³-hybridized carbons (Fsp3) is 0.250. The number of benzene rings is 2. The number of ether oxygens (including phenoxy) is 1. The van der Waals surface area contributed by atoms with E-state index in [1.165, 1.54) is 0 Å². The minimum atomic E-state index is -0.556. The first kappa shape index (κ1) is 22.1. The fourth-order valence-corrected chi connectivity index (χ4v) is 3.73. The number of oxazole rings is 1.